The summed E-state index contributed by atoms with van der Waals surface area (Å²) in [5, 5.41) is 3.42. The molecule has 2 nitrogen and oxygen atoms in total. The molecular formula is C22H23ClFNO. The van der Waals surface area contributed by atoms with Gasteiger partial charge in [-0.15, -0.1) is 12.4 Å². The Morgan fingerprint density at radius 1 is 0.769 bits per heavy atom. The summed E-state index contributed by atoms with van der Waals surface area (Å²) in [6.45, 7) is 2.20. The molecule has 3 aromatic carbocycles. The first kappa shape index (κ1) is 20.0. The van der Waals surface area contributed by atoms with Crippen molar-refractivity contribution in [3.05, 3.63) is 101 Å². The maximum atomic E-state index is 12.9. The van der Waals surface area contributed by atoms with E-state index in [1.165, 1.54) is 17.7 Å². The highest BCUT2D eigenvalue weighted by Crippen LogP contribution is 2.15. The molecular weight excluding hydrogens is 349 g/mol. The fourth-order valence-corrected chi connectivity index (χ4v) is 2.60. The first-order valence-electron chi connectivity index (χ1n) is 8.50. The normalized spacial score (nSPS) is 10.2. The van der Waals surface area contributed by atoms with Crippen LogP contribution in [0.2, 0.25) is 0 Å². The lowest BCUT2D eigenvalue weighted by molar-refractivity contribution is 0.306. The Labute approximate surface area is 160 Å². The lowest BCUT2D eigenvalue weighted by atomic mass is 10.1. The van der Waals surface area contributed by atoms with Crippen molar-refractivity contribution in [3.63, 3.8) is 0 Å². The van der Waals surface area contributed by atoms with E-state index < -0.39 is 0 Å². The number of benzene rings is 3. The van der Waals surface area contributed by atoms with E-state index in [0.29, 0.717) is 6.61 Å². The third-order valence-electron chi connectivity index (χ3n) is 3.98. The molecule has 136 valence electrons. The fourth-order valence-electron chi connectivity index (χ4n) is 2.60. The van der Waals surface area contributed by atoms with Crippen molar-refractivity contribution in [2.75, 3.05) is 6.54 Å². The summed E-state index contributed by atoms with van der Waals surface area (Å²) in [6, 6.07) is 24.9. The number of hydrogen-bond donors (Lipinski definition) is 1. The van der Waals surface area contributed by atoms with Gasteiger partial charge in [0.1, 0.15) is 18.2 Å². The molecule has 3 rings (SSSR count). The highest BCUT2D eigenvalue weighted by molar-refractivity contribution is 5.85. The van der Waals surface area contributed by atoms with Gasteiger partial charge >= 0.3 is 0 Å². The zero-order chi connectivity index (χ0) is 17.3. The van der Waals surface area contributed by atoms with Crippen molar-refractivity contribution in [1.29, 1.82) is 0 Å². The Morgan fingerprint density at radius 2 is 1.50 bits per heavy atom. The Balaban J connectivity index is 0.00000243. The smallest absolute Gasteiger partial charge is 0.123 e. The van der Waals surface area contributed by atoms with Gasteiger partial charge in [0, 0.05) is 6.54 Å². The van der Waals surface area contributed by atoms with Gasteiger partial charge in [-0.05, 0) is 53.9 Å². The van der Waals surface area contributed by atoms with Crippen molar-refractivity contribution >= 4 is 12.4 Å². The molecule has 0 aromatic heterocycles. The molecule has 0 spiro atoms. The van der Waals surface area contributed by atoms with Crippen molar-refractivity contribution in [2.24, 2.45) is 0 Å². The zero-order valence-corrected chi connectivity index (χ0v) is 15.3. The number of rotatable bonds is 8. The zero-order valence-electron chi connectivity index (χ0n) is 14.5. The summed E-state index contributed by atoms with van der Waals surface area (Å²) in [6.07, 6.45) is 0.879. The van der Waals surface area contributed by atoms with E-state index in [9.17, 15) is 4.39 Å². The summed E-state index contributed by atoms with van der Waals surface area (Å²) >= 11 is 0. The van der Waals surface area contributed by atoms with Crippen LogP contribution in [0, 0.1) is 5.82 Å². The van der Waals surface area contributed by atoms with Gasteiger partial charge in [-0.3, -0.25) is 0 Å². The number of halogens is 2. The molecule has 0 unspecified atom stereocenters. The Morgan fingerprint density at radius 3 is 2.27 bits per heavy atom. The molecule has 0 amide bonds. The van der Waals surface area contributed by atoms with Gasteiger partial charge in [-0.25, -0.2) is 4.39 Å². The first-order valence-corrected chi connectivity index (χ1v) is 8.50. The average Bonchev–Trinajstić information content (AvgIpc) is 2.66. The highest BCUT2D eigenvalue weighted by atomic mass is 35.5. The molecule has 0 atom stereocenters. The number of ether oxygens (including phenoxy) is 1. The summed E-state index contributed by atoms with van der Waals surface area (Å²) in [7, 11) is 0. The molecule has 0 bridgehead atoms. The molecule has 4 heteroatoms. The minimum Gasteiger partial charge on any atom is -0.489 e. The van der Waals surface area contributed by atoms with Crippen LogP contribution < -0.4 is 10.1 Å². The lowest BCUT2D eigenvalue weighted by Crippen LogP contribution is -2.16. The largest absolute Gasteiger partial charge is 0.489 e. The Hall–Kier alpha value is -2.36. The second-order valence-corrected chi connectivity index (χ2v) is 5.97. The van der Waals surface area contributed by atoms with E-state index in [1.54, 1.807) is 0 Å². The van der Waals surface area contributed by atoms with Crippen LogP contribution in [0.3, 0.4) is 0 Å². The van der Waals surface area contributed by atoms with Crippen molar-refractivity contribution in [3.8, 4) is 5.75 Å². The van der Waals surface area contributed by atoms with Crippen LogP contribution in [0.4, 0.5) is 4.39 Å². The molecule has 26 heavy (non-hydrogen) atoms. The van der Waals surface area contributed by atoms with E-state index in [1.807, 2.05) is 42.5 Å². The minimum absolute atomic E-state index is 0. The Kier molecular flexibility index (Phi) is 8.13. The highest BCUT2D eigenvalue weighted by Gasteiger charge is 1.99. The van der Waals surface area contributed by atoms with Crippen LogP contribution in [0.5, 0.6) is 5.75 Å². The first-order chi connectivity index (χ1) is 12.3. The van der Waals surface area contributed by atoms with Gasteiger partial charge in [-0.2, -0.15) is 0 Å². The van der Waals surface area contributed by atoms with Crippen LogP contribution >= 0.6 is 12.4 Å². The third-order valence-corrected chi connectivity index (χ3v) is 3.98. The van der Waals surface area contributed by atoms with Gasteiger partial charge in [0.05, 0.1) is 0 Å². The van der Waals surface area contributed by atoms with E-state index >= 15 is 0 Å². The van der Waals surface area contributed by atoms with Crippen molar-refractivity contribution in [2.45, 2.75) is 19.6 Å². The molecule has 0 radical (unpaired) electrons. The van der Waals surface area contributed by atoms with Crippen LogP contribution in [0.15, 0.2) is 78.9 Å². The Bertz CT molecular complexity index is 778. The van der Waals surface area contributed by atoms with Crippen LogP contribution in [0.25, 0.3) is 0 Å². The van der Waals surface area contributed by atoms with E-state index in [4.69, 9.17) is 4.74 Å². The van der Waals surface area contributed by atoms with E-state index in [2.05, 4.69) is 29.6 Å². The van der Waals surface area contributed by atoms with Gasteiger partial charge in [0.25, 0.3) is 0 Å². The molecule has 0 heterocycles. The molecule has 0 aliphatic heterocycles. The standard InChI is InChI=1S/C22H22FNO.ClH/c23-21-11-9-18(10-12-21)13-14-24-16-20-7-4-8-22(15-20)25-17-19-5-2-1-3-6-19;/h1-12,15,24H,13-14,16-17H2;1H. The molecule has 0 aliphatic rings. The van der Waals surface area contributed by atoms with Crippen molar-refractivity contribution < 1.29 is 9.13 Å². The minimum atomic E-state index is -0.191. The predicted octanol–water partition coefficient (Wildman–Crippen LogP) is 5.16. The fraction of sp³-hybridized carbons (Fsp3) is 0.182. The molecule has 0 saturated carbocycles. The molecule has 0 aliphatic carbocycles. The van der Waals surface area contributed by atoms with Gasteiger partial charge in [-0.1, -0.05) is 54.6 Å². The molecule has 0 fully saturated rings. The summed E-state index contributed by atoms with van der Waals surface area (Å²) in [5.41, 5.74) is 3.48. The van der Waals surface area contributed by atoms with Crippen LogP contribution in [-0.2, 0) is 19.6 Å². The maximum Gasteiger partial charge on any atom is 0.123 e. The van der Waals surface area contributed by atoms with Gasteiger partial charge in [0.2, 0.25) is 0 Å². The molecule has 1 N–H and O–H groups in total. The number of hydrogen-bond acceptors (Lipinski definition) is 2. The summed E-state index contributed by atoms with van der Waals surface area (Å²) in [4.78, 5) is 0. The van der Waals surface area contributed by atoms with Gasteiger partial charge < -0.3 is 10.1 Å². The van der Waals surface area contributed by atoms with E-state index in [-0.39, 0.29) is 18.2 Å². The maximum absolute atomic E-state index is 12.9. The second kappa shape index (κ2) is 10.6. The SMILES string of the molecule is Cl.Fc1ccc(CCNCc2cccc(OCc3ccccc3)c2)cc1. The molecule has 3 aromatic rings. The van der Waals surface area contributed by atoms with Crippen LogP contribution in [-0.4, -0.2) is 6.54 Å². The summed E-state index contributed by atoms with van der Waals surface area (Å²) in [5.74, 6) is 0.686. The number of nitrogens with one attached hydrogen (secondary N) is 1. The lowest BCUT2D eigenvalue weighted by Gasteiger charge is -2.09. The average molecular weight is 372 g/mol. The van der Waals surface area contributed by atoms with Gasteiger partial charge in [0.15, 0.2) is 0 Å². The van der Waals surface area contributed by atoms with Crippen molar-refractivity contribution in [1.82, 2.24) is 5.32 Å². The quantitative estimate of drug-likeness (QED) is 0.552. The molecule has 0 saturated heterocycles. The van der Waals surface area contributed by atoms with Crippen LogP contribution in [0.1, 0.15) is 16.7 Å². The second-order valence-electron chi connectivity index (χ2n) is 5.97. The predicted molar refractivity (Wildman–Crippen MR) is 106 cm³/mol. The monoisotopic (exact) mass is 371 g/mol. The van der Waals surface area contributed by atoms with E-state index in [0.717, 1.165) is 36.4 Å². The topological polar surface area (TPSA) is 21.3 Å². The third kappa shape index (κ3) is 6.51. The summed E-state index contributed by atoms with van der Waals surface area (Å²) < 4.78 is 18.7.